The number of nitrogens with one attached hydrogen (secondary N) is 5. The highest BCUT2D eigenvalue weighted by atomic mass is 32.2. The first-order valence-corrected chi connectivity index (χ1v) is 19.5. The van der Waals surface area contributed by atoms with Gasteiger partial charge < -0.3 is 37.4 Å². The van der Waals surface area contributed by atoms with Crippen LogP contribution in [-0.2, 0) is 48.0 Å². The van der Waals surface area contributed by atoms with E-state index in [4.69, 9.17) is 5.73 Å². The Labute approximate surface area is 335 Å². The van der Waals surface area contributed by atoms with Gasteiger partial charge in [0.25, 0.3) is 0 Å². The summed E-state index contributed by atoms with van der Waals surface area (Å²) < 4.78 is 0. The molecular formula is C43H46N6O7S. The van der Waals surface area contributed by atoms with E-state index in [9.17, 15) is 33.9 Å². The number of carbonyl (C=O) groups excluding carboxylic acids is 5. The Kier molecular flexibility index (Phi) is 15.6. The van der Waals surface area contributed by atoms with Crippen LogP contribution < -0.4 is 32.3 Å². The summed E-state index contributed by atoms with van der Waals surface area (Å²) >= 11 is 1.55. The lowest BCUT2D eigenvalue weighted by molar-refractivity contribution is -0.142. The maximum atomic E-state index is 14.3. The summed E-state index contributed by atoms with van der Waals surface area (Å²) in [6.07, 6.45) is 3.50. The summed E-state index contributed by atoms with van der Waals surface area (Å²) in [6, 6.07) is 28.0. The first-order valence-electron chi connectivity index (χ1n) is 18.5. The number of nitrogens with two attached hydrogens (primary N) is 1. The summed E-state index contributed by atoms with van der Waals surface area (Å²) in [5, 5.41) is 25.5. The van der Waals surface area contributed by atoms with Crippen LogP contribution in [0.3, 0.4) is 0 Å². The summed E-state index contributed by atoms with van der Waals surface area (Å²) in [4.78, 5) is 77.9. The van der Waals surface area contributed by atoms with Crippen molar-refractivity contribution in [1.29, 1.82) is 0 Å². The first-order chi connectivity index (χ1) is 27.6. The number of carboxylic acid groups (broad SMARTS) is 1. The standard InChI is InChI=1S/C43H46N6O7S/c44-26-39(51)46-37(25-34-12-7-21-57-34)42(54)48-36(23-29-13-17-32(18-14-29)31-10-5-2-6-11-31)40(52)47-35(22-28-8-3-1-4-9-28)41(53)49-38(43(55)56)24-30-15-19-33(20-16-30)45-27-50/h1-11,13-21,27,34-38H,12,22-26,44H2,(H,45,50)(H,46,51)(H,47,52)(H,48,54)(H,49,53)(H,55,56)/t34?,35-,36+,37-,38+/m1/s1. The molecule has 14 heteroatoms. The molecule has 8 N–H and O–H groups in total. The van der Waals surface area contributed by atoms with Gasteiger partial charge in [0.2, 0.25) is 30.0 Å². The van der Waals surface area contributed by atoms with Crippen molar-refractivity contribution in [2.45, 2.75) is 61.5 Å². The highest BCUT2D eigenvalue weighted by Crippen LogP contribution is 2.28. The number of aliphatic carboxylic acids is 1. The molecule has 5 atom stereocenters. The number of benzene rings is 4. The van der Waals surface area contributed by atoms with Gasteiger partial charge in [-0.3, -0.25) is 24.0 Å². The van der Waals surface area contributed by atoms with Crippen LogP contribution in [0.5, 0.6) is 0 Å². The summed E-state index contributed by atoms with van der Waals surface area (Å²) in [5.74, 6) is -3.82. The molecule has 5 amide bonds. The topological polar surface area (TPSA) is 209 Å². The molecule has 296 valence electrons. The Bertz CT molecular complexity index is 2010. The zero-order valence-electron chi connectivity index (χ0n) is 31.1. The molecule has 1 aliphatic heterocycles. The van der Waals surface area contributed by atoms with Gasteiger partial charge in [0, 0.05) is 30.2 Å². The largest absolute Gasteiger partial charge is 0.480 e. The maximum absolute atomic E-state index is 14.3. The van der Waals surface area contributed by atoms with Crippen molar-refractivity contribution in [3.05, 3.63) is 137 Å². The molecule has 0 radical (unpaired) electrons. The monoisotopic (exact) mass is 790 g/mol. The van der Waals surface area contributed by atoms with Crippen molar-refractivity contribution in [1.82, 2.24) is 21.3 Å². The second kappa shape index (κ2) is 21.2. The third-order valence-electron chi connectivity index (χ3n) is 9.39. The van der Waals surface area contributed by atoms with Gasteiger partial charge in [0.15, 0.2) is 0 Å². The average Bonchev–Trinajstić information content (AvgIpc) is 3.74. The molecule has 1 unspecified atom stereocenters. The van der Waals surface area contributed by atoms with Crippen LogP contribution in [0.1, 0.15) is 29.5 Å². The van der Waals surface area contributed by atoms with E-state index in [0.717, 1.165) is 16.7 Å². The van der Waals surface area contributed by atoms with Crippen molar-refractivity contribution in [3.8, 4) is 11.1 Å². The second-order valence-corrected chi connectivity index (χ2v) is 14.8. The molecule has 4 aromatic rings. The van der Waals surface area contributed by atoms with Gasteiger partial charge in [0.1, 0.15) is 24.2 Å². The SMILES string of the molecule is NCC(=O)N[C@H](CC1CC=CS1)C(=O)N[C@@H](Cc1ccc(-c2ccccc2)cc1)C(=O)N[C@H](Cc1ccccc1)C(=O)N[C@@H](Cc1ccc(NC=O)cc1)C(=O)O. The second-order valence-electron chi connectivity index (χ2n) is 13.6. The molecule has 0 aliphatic carbocycles. The van der Waals surface area contributed by atoms with Gasteiger partial charge in [-0.1, -0.05) is 103 Å². The van der Waals surface area contributed by atoms with Gasteiger partial charge >= 0.3 is 5.97 Å². The Morgan fingerprint density at radius 2 is 1.14 bits per heavy atom. The number of rotatable bonds is 20. The van der Waals surface area contributed by atoms with Crippen molar-refractivity contribution in [2.75, 3.05) is 11.9 Å². The van der Waals surface area contributed by atoms with Gasteiger partial charge in [0.05, 0.1) is 6.54 Å². The zero-order valence-corrected chi connectivity index (χ0v) is 32.0. The molecule has 5 rings (SSSR count). The lowest BCUT2D eigenvalue weighted by Crippen LogP contribution is -2.59. The number of hydrogen-bond donors (Lipinski definition) is 7. The van der Waals surface area contributed by atoms with Gasteiger partial charge in [-0.05, 0) is 58.2 Å². The van der Waals surface area contributed by atoms with E-state index in [1.807, 2.05) is 72.1 Å². The molecule has 57 heavy (non-hydrogen) atoms. The fraction of sp³-hybridized carbons (Fsp3) is 0.256. The van der Waals surface area contributed by atoms with Crippen LogP contribution >= 0.6 is 11.8 Å². The van der Waals surface area contributed by atoms with E-state index in [1.54, 1.807) is 60.3 Å². The smallest absolute Gasteiger partial charge is 0.326 e. The Morgan fingerprint density at radius 3 is 1.67 bits per heavy atom. The lowest BCUT2D eigenvalue weighted by Gasteiger charge is -2.27. The number of allylic oxidation sites excluding steroid dienone is 1. The predicted octanol–water partition coefficient (Wildman–Crippen LogP) is 3.34. The van der Waals surface area contributed by atoms with Crippen molar-refractivity contribution >= 4 is 53.5 Å². The molecule has 0 aromatic heterocycles. The van der Waals surface area contributed by atoms with E-state index in [2.05, 4.69) is 26.6 Å². The fourth-order valence-corrected chi connectivity index (χ4v) is 7.32. The van der Waals surface area contributed by atoms with Crippen LogP contribution in [-0.4, -0.2) is 77.1 Å². The van der Waals surface area contributed by atoms with Crippen molar-refractivity contribution < 1.29 is 33.9 Å². The maximum Gasteiger partial charge on any atom is 0.326 e. The van der Waals surface area contributed by atoms with Crippen LogP contribution in [0.15, 0.2) is 121 Å². The molecule has 0 saturated heterocycles. The molecule has 1 aliphatic rings. The Morgan fingerprint density at radius 1 is 0.649 bits per heavy atom. The van der Waals surface area contributed by atoms with Gasteiger partial charge in [-0.15, -0.1) is 11.8 Å². The lowest BCUT2D eigenvalue weighted by atomic mass is 9.99. The molecule has 0 spiro atoms. The molecule has 4 aromatic carbocycles. The third-order valence-corrected chi connectivity index (χ3v) is 10.5. The van der Waals surface area contributed by atoms with Crippen LogP contribution in [0.4, 0.5) is 5.69 Å². The highest BCUT2D eigenvalue weighted by molar-refractivity contribution is 8.03. The van der Waals surface area contributed by atoms with Crippen LogP contribution in [0, 0.1) is 0 Å². The van der Waals surface area contributed by atoms with E-state index in [0.29, 0.717) is 36.1 Å². The number of thioether (sulfide) groups is 1. The number of carboxylic acids is 1. The number of hydrogen-bond acceptors (Lipinski definition) is 8. The third kappa shape index (κ3) is 12.9. The molecule has 1 heterocycles. The average molecular weight is 791 g/mol. The number of carbonyl (C=O) groups is 6. The summed E-state index contributed by atoms with van der Waals surface area (Å²) in [5.41, 5.74) is 10.1. The van der Waals surface area contributed by atoms with Crippen LogP contribution in [0.2, 0.25) is 0 Å². The first kappa shape index (κ1) is 41.9. The predicted molar refractivity (Wildman–Crippen MR) is 220 cm³/mol. The van der Waals surface area contributed by atoms with E-state index < -0.39 is 53.8 Å². The number of amides is 5. The molecule has 0 fully saturated rings. The van der Waals surface area contributed by atoms with Gasteiger partial charge in [-0.25, -0.2) is 4.79 Å². The van der Waals surface area contributed by atoms with Crippen LogP contribution in [0.25, 0.3) is 11.1 Å². The molecule has 0 bridgehead atoms. The Balaban J connectivity index is 1.40. The highest BCUT2D eigenvalue weighted by Gasteiger charge is 2.33. The van der Waals surface area contributed by atoms with Crippen molar-refractivity contribution in [2.24, 2.45) is 5.73 Å². The van der Waals surface area contributed by atoms with E-state index in [-0.39, 0.29) is 31.1 Å². The Hall–Kier alpha value is -6.25. The quantitative estimate of drug-likeness (QED) is 0.0655. The normalized spacial score (nSPS) is 15.3. The van der Waals surface area contributed by atoms with E-state index >= 15 is 0 Å². The minimum atomic E-state index is -1.36. The van der Waals surface area contributed by atoms with Crippen molar-refractivity contribution in [3.63, 3.8) is 0 Å². The van der Waals surface area contributed by atoms with E-state index in [1.165, 1.54) is 0 Å². The summed E-state index contributed by atoms with van der Waals surface area (Å²) in [7, 11) is 0. The zero-order chi connectivity index (χ0) is 40.6. The minimum Gasteiger partial charge on any atom is -0.480 e. The minimum absolute atomic E-state index is 0.0182. The summed E-state index contributed by atoms with van der Waals surface area (Å²) in [6.45, 7) is -0.326. The molecule has 13 nitrogen and oxygen atoms in total. The van der Waals surface area contributed by atoms with Gasteiger partial charge in [-0.2, -0.15) is 0 Å². The number of anilines is 1. The molecular weight excluding hydrogens is 745 g/mol. The fourth-order valence-electron chi connectivity index (χ4n) is 6.35. The molecule has 0 saturated carbocycles.